The van der Waals surface area contributed by atoms with E-state index in [-0.39, 0.29) is 11.8 Å². The van der Waals surface area contributed by atoms with Gasteiger partial charge in [0.05, 0.1) is 11.0 Å². The molecule has 1 amide bonds. The fourth-order valence-electron chi connectivity index (χ4n) is 2.06. The summed E-state index contributed by atoms with van der Waals surface area (Å²) in [6, 6.07) is 4.90. The Morgan fingerprint density at radius 1 is 1.24 bits per heavy atom. The van der Waals surface area contributed by atoms with Crippen LogP contribution < -0.4 is 22.2 Å². The average Bonchev–Trinajstić information content (AvgIpc) is 2.46. The molecule has 0 aliphatic rings. The lowest BCUT2D eigenvalue weighted by molar-refractivity contribution is -0.117. The zero-order valence-electron chi connectivity index (χ0n) is 11.7. The highest BCUT2D eigenvalue weighted by Crippen LogP contribution is 2.15. The summed E-state index contributed by atoms with van der Waals surface area (Å²) < 4.78 is 0. The molecule has 0 fully saturated rings. The van der Waals surface area contributed by atoms with Gasteiger partial charge < -0.3 is 21.0 Å². The van der Waals surface area contributed by atoms with Crippen molar-refractivity contribution in [2.24, 2.45) is 11.7 Å². The highest BCUT2D eigenvalue weighted by molar-refractivity contribution is 5.93. The molecule has 2 aromatic rings. The van der Waals surface area contributed by atoms with E-state index in [2.05, 4.69) is 15.3 Å². The first-order valence-corrected chi connectivity index (χ1v) is 6.79. The van der Waals surface area contributed by atoms with Crippen LogP contribution in [0.25, 0.3) is 11.0 Å². The van der Waals surface area contributed by atoms with Gasteiger partial charge >= 0.3 is 11.1 Å². The van der Waals surface area contributed by atoms with Gasteiger partial charge in [0.1, 0.15) is 0 Å². The number of carbonyl (C=O) groups is 1. The SMILES string of the molecule is CCC(CN)CC(=O)Nc1ccc2[nH]c(=O)c(=O)[nH]c2c1. The number of H-pyrrole nitrogens is 2. The van der Waals surface area contributed by atoms with E-state index in [1.54, 1.807) is 18.2 Å². The lowest BCUT2D eigenvalue weighted by Gasteiger charge is -2.12. The molecule has 7 nitrogen and oxygen atoms in total. The summed E-state index contributed by atoms with van der Waals surface area (Å²) in [4.78, 5) is 39.3. The number of hydrogen-bond acceptors (Lipinski definition) is 4. The van der Waals surface area contributed by atoms with Crippen LogP contribution in [0.4, 0.5) is 5.69 Å². The van der Waals surface area contributed by atoms with Gasteiger partial charge in [-0.2, -0.15) is 0 Å². The van der Waals surface area contributed by atoms with Crippen LogP contribution in [0.3, 0.4) is 0 Å². The van der Waals surface area contributed by atoms with Crippen molar-refractivity contribution in [2.75, 3.05) is 11.9 Å². The zero-order chi connectivity index (χ0) is 15.4. The molecule has 1 aromatic carbocycles. The number of fused-ring (bicyclic) bond motifs is 1. The van der Waals surface area contributed by atoms with Crippen molar-refractivity contribution in [1.82, 2.24) is 9.97 Å². The number of anilines is 1. The maximum absolute atomic E-state index is 11.9. The van der Waals surface area contributed by atoms with Gasteiger partial charge in [0.2, 0.25) is 5.91 Å². The Labute approximate surface area is 120 Å². The Morgan fingerprint density at radius 2 is 1.90 bits per heavy atom. The largest absolute Gasteiger partial charge is 0.330 e. The molecule has 0 spiro atoms. The Bertz CT molecular complexity index is 759. The quantitative estimate of drug-likeness (QED) is 0.600. The minimum Gasteiger partial charge on any atom is -0.330 e. The molecular weight excluding hydrogens is 272 g/mol. The average molecular weight is 290 g/mol. The third-order valence-electron chi connectivity index (χ3n) is 3.39. The maximum Gasteiger partial charge on any atom is 0.314 e. The smallest absolute Gasteiger partial charge is 0.314 e. The lowest BCUT2D eigenvalue weighted by atomic mass is 10.0. The molecule has 0 aliphatic heterocycles. The number of aromatic nitrogens is 2. The number of nitrogens with one attached hydrogen (secondary N) is 3. The maximum atomic E-state index is 11.9. The predicted molar refractivity (Wildman–Crippen MR) is 81.3 cm³/mol. The molecule has 21 heavy (non-hydrogen) atoms. The number of hydrogen-bond donors (Lipinski definition) is 4. The van der Waals surface area contributed by atoms with Crippen LogP contribution in [0.15, 0.2) is 27.8 Å². The van der Waals surface area contributed by atoms with Gasteiger partial charge in [-0.1, -0.05) is 13.3 Å². The number of carbonyl (C=O) groups excluding carboxylic acids is 1. The van der Waals surface area contributed by atoms with Crippen molar-refractivity contribution in [3.05, 3.63) is 38.9 Å². The van der Waals surface area contributed by atoms with Gasteiger partial charge in [-0.25, -0.2) is 0 Å². The van der Waals surface area contributed by atoms with Crippen molar-refractivity contribution < 1.29 is 4.79 Å². The van der Waals surface area contributed by atoms with Crippen molar-refractivity contribution in [1.29, 1.82) is 0 Å². The molecule has 1 heterocycles. The third-order valence-corrected chi connectivity index (χ3v) is 3.39. The normalized spacial score (nSPS) is 12.3. The van der Waals surface area contributed by atoms with E-state index in [9.17, 15) is 14.4 Å². The fourth-order valence-corrected chi connectivity index (χ4v) is 2.06. The molecule has 1 atom stereocenters. The van der Waals surface area contributed by atoms with Crippen LogP contribution in [-0.2, 0) is 4.79 Å². The summed E-state index contributed by atoms with van der Waals surface area (Å²) in [5, 5.41) is 2.76. The van der Waals surface area contributed by atoms with Crippen molar-refractivity contribution in [3.8, 4) is 0 Å². The minimum absolute atomic E-state index is 0.126. The van der Waals surface area contributed by atoms with Gasteiger partial charge in [-0.3, -0.25) is 14.4 Å². The first-order chi connectivity index (χ1) is 10.0. The predicted octanol–water partition coefficient (Wildman–Crippen LogP) is 0.530. The highest BCUT2D eigenvalue weighted by Gasteiger charge is 2.11. The van der Waals surface area contributed by atoms with Crippen LogP contribution in [0.5, 0.6) is 0 Å². The Hall–Kier alpha value is -2.41. The molecule has 1 aromatic heterocycles. The Kier molecular flexibility index (Phi) is 4.54. The molecule has 5 N–H and O–H groups in total. The van der Waals surface area contributed by atoms with Crippen LogP contribution >= 0.6 is 0 Å². The summed E-state index contributed by atoms with van der Waals surface area (Å²) in [6.07, 6.45) is 1.20. The summed E-state index contributed by atoms with van der Waals surface area (Å²) in [6.45, 7) is 2.46. The minimum atomic E-state index is -0.722. The van der Waals surface area contributed by atoms with Gasteiger partial charge in [-0.05, 0) is 30.7 Å². The van der Waals surface area contributed by atoms with Crippen LogP contribution in [-0.4, -0.2) is 22.4 Å². The number of benzene rings is 1. The molecule has 0 saturated heterocycles. The lowest BCUT2D eigenvalue weighted by Crippen LogP contribution is -2.29. The molecule has 7 heteroatoms. The summed E-state index contributed by atoms with van der Waals surface area (Å²) in [7, 11) is 0. The molecule has 0 radical (unpaired) electrons. The third kappa shape index (κ3) is 3.57. The van der Waals surface area contributed by atoms with Crippen LogP contribution in [0, 0.1) is 5.92 Å². The van der Waals surface area contributed by atoms with E-state index in [0.717, 1.165) is 6.42 Å². The standard InChI is InChI=1S/C14H18N4O3/c1-2-8(7-15)5-12(19)16-9-3-4-10-11(6-9)18-14(21)13(20)17-10/h3-4,6,8H,2,5,7,15H2,1H3,(H,16,19)(H,17,20)(H,18,21). The molecular formula is C14H18N4O3. The van der Waals surface area contributed by atoms with Crippen molar-refractivity contribution in [3.63, 3.8) is 0 Å². The number of aromatic amines is 2. The number of rotatable bonds is 5. The first kappa shape index (κ1) is 15.0. The molecule has 0 saturated carbocycles. The highest BCUT2D eigenvalue weighted by atomic mass is 16.2. The van der Waals surface area contributed by atoms with Gasteiger partial charge in [0.25, 0.3) is 0 Å². The second kappa shape index (κ2) is 6.36. The summed E-state index contributed by atoms with van der Waals surface area (Å²) >= 11 is 0. The van der Waals surface area contributed by atoms with Crippen LogP contribution in [0.2, 0.25) is 0 Å². The van der Waals surface area contributed by atoms with Gasteiger partial charge in [-0.15, -0.1) is 0 Å². The summed E-state index contributed by atoms with van der Waals surface area (Å²) in [5.74, 6) is 0.0278. The topological polar surface area (TPSA) is 121 Å². The molecule has 0 aliphatic carbocycles. The zero-order valence-corrected chi connectivity index (χ0v) is 11.7. The first-order valence-electron chi connectivity index (χ1n) is 6.79. The van der Waals surface area contributed by atoms with E-state index in [1.165, 1.54) is 0 Å². The second-order valence-corrected chi connectivity index (χ2v) is 4.93. The van der Waals surface area contributed by atoms with Crippen molar-refractivity contribution >= 4 is 22.6 Å². The van der Waals surface area contributed by atoms with Crippen LogP contribution in [0.1, 0.15) is 19.8 Å². The molecule has 2 rings (SSSR count). The summed E-state index contributed by atoms with van der Waals surface area (Å²) in [5.41, 5.74) is 5.68. The Balaban J connectivity index is 2.19. The van der Waals surface area contributed by atoms with Gasteiger partial charge in [0.15, 0.2) is 0 Å². The van der Waals surface area contributed by atoms with E-state index >= 15 is 0 Å². The number of amides is 1. The molecule has 0 bridgehead atoms. The monoisotopic (exact) mass is 290 g/mol. The van der Waals surface area contributed by atoms with E-state index in [4.69, 9.17) is 5.73 Å². The van der Waals surface area contributed by atoms with Crippen molar-refractivity contribution in [2.45, 2.75) is 19.8 Å². The Morgan fingerprint density at radius 3 is 2.52 bits per heavy atom. The van der Waals surface area contributed by atoms with Gasteiger partial charge in [0, 0.05) is 12.1 Å². The van der Waals surface area contributed by atoms with E-state index in [1.807, 2.05) is 6.92 Å². The van der Waals surface area contributed by atoms with E-state index in [0.29, 0.717) is 29.7 Å². The molecule has 112 valence electrons. The fraction of sp³-hybridized carbons (Fsp3) is 0.357. The second-order valence-electron chi connectivity index (χ2n) is 4.93. The van der Waals surface area contributed by atoms with E-state index < -0.39 is 11.1 Å². The number of nitrogens with two attached hydrogens (primary N) is 1. The molecule has 1 unspecified atom stereocenters.